The van der Waals surface area contributed by atoms with Crippen molar-refractivity contribution in [3.05, 3.63) is 230 Å². The standard InChI is InChI=1S/2C25H23.C12H7Si.2ClH.Zr/c2*1-25(2,3)21-16-20-14-15-22(18-10-6-4-7-11-18)24(23(20)17-21)19-12-8-5-9-13-19;1-3-7-11-9(5-1)10-6-2-4-8-12(10)13-11;;;/h2*4-17H,1-3H3;1-7H;2*1H;/q3*-1;;;+2/p-2. The summed E-state index contributed by atoms with van der Waals surface area (Å²) in [7, 11) is 10.7. The molecule has 0 aliphatic carbocycles. The van der Waals surface area contributed by atoms with Crippen LogP contribution in [0.15, 0.2) is 212 Å². The van der Waals surface area contributed by atoms with Crippen molar-refractivity contribution < 1.29 is 20.8 Å². The van der Waals surface area contributed by atoms with Crippen molar-refractivity contribution in [3.8, 4) is 55.6 Å². The maximum atomic E-state index is 4.93. The first kappa shape index (κ1) is 47.2. The Bertz CT molecular complexity index is 2940. The quantitative estimate of drug-likeness (QED) is 0.122. The zero-order valence-electron chi connectivity index (χ0n) is 38.5. The second kappa shape index (κ2) is 21.1. The topological polar surface area (TPSA) is 0 Å². The van der Waals surface area contributed by atoms with Crippen LogP contribution in [0.1, 0.15) is 52.7 Å². The van der Waals surface area contributed by atoms with E-state index >= 15 is 0 Å². The molecule has 326 valence electrons. The minimum absolute atomic E-state index is 0.153. The molecule has 4 heteroatoms. The molecule has 0 atom stereocenters. The van der Waals surface area contributed by atoms with E-state index in [0.29, 0.717) is 0 Å². The number of hydrogen-bond acceptors (Lipinski definition) is 0. The van der Waals surface area contributed by atoms with Gasteiger partial charge in [-0.1, -0.05) is 221 Å². The first-order chi connectivity index (χ1) is 31.9. The van der Waals surface area contributed by atoms with Gasteiger partial charge in [0.2, 0.25) is 0 Å². The predicted octanol–water partition coefficient (Wildman–Crippen LogP) is 16.9. The maximum Gasteiger partial charge on any atom is 0.0920 e. The Kier molecular flexibility index (Phi) is 15.1. The Labute approximate surface area is 413 Å². The van der Waals surface area contributed by atoms with Crippen LogP contribution < -0.4 is 10.4 Å². The van der Waals surface area contributed by atoms with Gasteiger partial charge in [-0.05, 0) is 44.2 Å². The molecule has 11 rings (SSSR count). The molecule has 0 unspecified atom stereocenters. The van der Waals surface area contributed by atoms with E-state index in [1.165, 1.54) is 98.7 Å². The average molecular weight is 988 g/mol. The van der Waals surface area contributed by atoms with Gasteiger partial charge >= 0.3 is 37.9 Å². The monoisotopic (exact) mass is 985 g/mol. The Balaban J connectivity index is 0.000000136. The average Bonchev–Trinajstić information content (AvgIpc) is 4.09. The summed E-state index contributed by atoms with van der Waals surface area (Å²) in [5.74, 6) is 0. The fraction of sp³-hybridized carbons (Fsp3) is 0.129. The van der Waals surface area contributed by atoms with Gasteiger partial charge in [0.05, 0.1) is 9.52 Å². The third-order valence-electron chi connectivity index (χ3n) is 12.1. The largest absolute Gasteiger partial charge is 0.184 e. The van der Waals surface area contributed by atoms with Crippen LogP contribution in [0.2, 0.25) is 0 Å². The van der Waals surface area contributed by atoms with Crippen LogP contribution >= 0.6 is 17.0 Å². The number of rotatable bonds is 4. The predicted molar refractivity (Wildman–Crippen MR) is 286 cm³/mol. The molecule has 2 radical (unpaired) electrons. The third kappa shape index (κ3) is 10.8. The first-order valence-corrected chi connectivity index (χ1v) is 29.8. The molecule has 0 amide bonds. The van der Waals surface area contributed by atoms with Crippen molar-refractivity contribution in [1.82, 2.24) is 0 Å². The van der Waals surface area contributed by atoms with E-state index in [2.05, 4.69) is 254 Å². The van der Waals surface area contributed by atoms with E-state index in [0.717, 1.165) is 9.52 Å². The molecule has 0 N–H and O–H groups in total. The smallest absolute Gasteiger partial charge is 0.0920 e. The molecule has 0 spiro atoms. The van der Waals surface area contributed by atoms with Crippen LogP contribution in [0.25, 0.3) is 77.2 Å². The summed E-state index contributed by atoms with van der Waals surface area (Å²) < 4.78 is 0. The Morgan fingerprint density at radius 2 is 0.803 bits per heavy atom. The zero-order chi connectivity index (χ0) is 46.3. The molecule has 0 bridgehead atoms. The molecular formula is C62H53Cl2SiZr-3. The third-order valence-corrected chi connectivity index (χ3v) is 13.5. The van der Waals surface area contributed by atoms with Crippen molar-refractivity contribution in [2.75, 3.05) is 0 Å². The van der Waals surface area contributed by atoms with Gasteiger partial charge in [-0.25, -0.2) is 0 Å². The SMILES string of the molecule is CC(C)(C)c1cc2c(-c3ccccc3)c(-c3ccccc3)ccc2[cH-]1.CC(C)(C)c1cc2c(-c3ccccc3)c(-c3ccccc3)ccc2[cH-]1.[Cl][Zr][Cl].[c-]1cccc2c1[Si]c1ccccc1-2. The Hall–Kier alpha value is -5.34. The first-order valence-electron chi connectivity index (χ1n) is 22.5. The van der Waals surface area contributed by atoms with Crippen LogP contribution in [0, 0.1) is 6.07 Å². The van der Waals surface area contributed by atoms with E-state index in [9.17, 15) is 0 Å². The van der Waals surface area contributed by atoms with Crippen LogP contribution in [0.5, 0.6) is 0 Å². The Morgan fingerprint density at radius 3 is 1.23 bits per heavy atom. The van der Waals surface area contributed by atoms with E-state index in [4.69, 9.17) is 17.0 Å². The molecule has 0 nitrogen and oxygen atoms in total. The summed E-state index contributed by atoms with van der Waals surface area (Å²) in [6, 6.07) is 79.6. The van der Waals surface area contributed by atoms with Crippen molar-refractivity contribution >= 4 is 58.5 Å². The number of hydrogen-bond donors (Lipinski definition) is 0. The van der Waals surface area contributed by atoms with Crippen LogP contribution in [0.4, 0.5) is 0 Å². The maximum absolute atomic E-state index is 4.93. The van der Waals surface area contributed by atoms with Gasteiger partial charge in [0.25, 0.3) is 0 Å². The fourth-order valence-electron chi connectivity index (χ4n) is 8.70. The molecule has 0 fully saturated rings. The summed E-state index contributed by atoms with van der Waals surface area (Å²) in [4.78, 5) is 0. The van der Waals surface area contributed by atoms with Crippen LogP contribution in [0.3, 0.4) is 0 Å². The molecular weight excluding hydrogens is 935 g/mol. The number of benzene rings is 8. The molecule has 1 aliphatic heterocycles. The van der Waals surface area contributed by atoms with Gasteiger partial charge in [0.15, 0.2) is 0 Å². The van der Waals surface area contributed by atoms with Gasteiger partial charge in [-0.15, -0.1) is 62.5 Å². The number of halogens is 2. The fourth-order valence-corrected chi connectivity index (χ4v) is 10.0. The summed E-state index contributed by atoms with van der Waals surface area (Å²) in [5, 5.41) is 8.16. The minimum Gasteiger partial charge on any atom is -0.184 e. The van der Waals surface area contributed by atoms with E-state index in [1.807, 2.05) is 6.07 Å². The van der Waals surface area contributed by atoms with Crippen molar-refractivity contribution in [2.24, 2.45) is 0 Å². The molecule has 10 aromatic rings. The minimum atomic E-state index is -0.826. The molecule has 0 aromatic heterocycles. The summed E-state index contributed by atoms with van der Waals surface area (Å²) in [5.41, 5.74) is 16.2. The summed E-state index contributed by atoms with van der Waals surface area (Å²) >= 11 is -0.826. The number of fused-ring (bicyclic) bond motifs is 5. The van der Waals surface area contributed by atoms with E-state index in [-0.39, 0.29) is 10.8 Å². The van der Waals surface area contributed by atoms with Gasteiger partial charge in [-0.2, -0.15) is 41.6 Å². The van der Waals surface area contributed by atoms with Crippen molar-refractivity contribution in [1.29, 1.82) is 0 Å². The van der Waals surface area contributed by atoms with Crippen LogP contribution in [-0.2, 0) is 31.7 Å². The second-order valence-electron chi connectivity index (χ2n) is 18.6. The van der Waals surface area contributed by atoms with Gasteiger partial charge in [0.1, 0.15) is 0 Å². The molecule has 1 aliphatic rings. The molecule has 0 saturated heterocycles. The zero-order valence-corrected chi connectivity index (χ0v) is 43.4. The van der Waals surface area contributed by atoms with Gasteiger partial charge < -0.3 is 0 Å². The van der Waals surface area contributed by atoms with Crippen LogP contribution in [-0.4, -0.2) is 9.52 Å². The van der Waals surface area contributed by atoms with Gasteiger partial charge in [-0.3, -0.25) is 0 Å². The second-order valence-corrected chi connectivity index (χ2v) is 23.7. The van der Waals surface area contributed by atoms with Crippen molar-refractivity contribution in [3.63, 3.8) is 0 Å². The molecule has 66 heavy (non-hydrogen) atoms. The van der Waals surface area contributed by atoms with E-state index in [1.54, 1.807) is 0 Å². The van der Waals surface area contributed by atoms with Gasteiger partial charge in [0, 0.05) is 0 Å². The Morgan fingerprint density at radius 1 is 0.424 bits per heavy atom. The van der Waals surface area contributed by atoms with Crippen molar-refractivity contribution in [2.45, 2.75) is 52.4 Å². The molecule has 1 heterocycles. The summed E-state index contributed by atoms with van der Waals surface area (Å²) in [6.07, 6.45) is 0. The molecule has 0 saturated carbocycles. The summed E-state index contributed by atoms with van der Waals surface area (Å²) in [6.45, 7) is 13.7. The van der Waals surface area contributed by atoms with E-state index < -0.39 is 20.8 Å². The normalized spacial score (nSPS) is 11.6. The molecule has 10 aromatic carbocycles.